The normalized spacial score (nSPS) is 18.9. The van der Waals surface area contributed by atoms with Gasteiger partial charge in [0.25, 0.3) is 5.91 Å². The van der Waals surface area contributed by atoms with Crippen molar-refractivity contribution in [1.29, 1.82) is 0 Å². The third kappa shape index (κ3) is 3.72. The van der Waals surface area contributed by atoms with Gasteiger partial charge in [-0.3, -0.25) is 4.79 Å². The van der Waals surface area contributed by atoms with Gasteiger partial charge in [-0.25, -0.2) is 0 Å². The molecule has 2 atom stereocenters. The van der Waals surface area contributed by atoms with Crippen LogP contribution in [0.25, 0.3) is 11.1 Å². The van der Waals surface area contributed by atoms with Crippen molar-refractivity contribution < 1.29 is 9.53 Å². The van der Waals surface area contributed by atoms with Gasteiger partial charge in [0, 0.05) is 23.5 Å². The zero-order valence-corrected chi connectivity index (χ0v) is 15.9. The summed E-state index contributed by atoms with van der Waals surface area (Å²) in [6, 6.07) is 10.1. The number of amides is 1. The first-order chi connectivity index (χ1) is 12.0. The lowest BCUT2D eigenvalue weighted by atomic mass is 9.96. The predicted molar refractivity (Wildman–Crippen MR) is 103 cm³/mol. The number of rotatable bonds is 4. The van der Waals surface area contributed by atoms with Gasteiger partial charge in [-0.15, -0.1) is 11.3 Å². The van der Waals surface area contributed by atoms with Crippen molar-refractivity contribution in [3.63, 3.8) is 0 Å². The lowest BCUT2D eigenvalue weighted by molar-refractivity contribution is 0.0589. The first-order valence-corrected chi connectivity index (χ1v) is 9.64. The highest BCUT2D eigenvalue weighted by Gasteiger charge is 2.30. The van der Waals surface area contributed by atoms with Crippen LogP contribution in [0, 0.1) is 6.92 Å². The van der Waals surface area contributed by atoms with E-state index in [0.717, 1.165) is 52.4 Å². The van der Waals surface area contributed by atoms with Gasteiger partial charge in [0.1, 0.15) is 5.75 Å². The fourth-order valence-corrected chi connectivity index (χ4v) is 4.54. The van der Waals surface area contributed by atoms with Crippen LogP contribution in [0.15, 0.2) is 30.3 Å². The molecule has 0 bridgehead atoms. The minimum atomic E-state index is 0.00590. The molecule has 2 heterocycles. The van der Waals surface area contributed by atoms with E-state index in [2.05, 4.69) is 6.92 Å². The SMILES string of the molecule is COc1ccc(-c2cc(C(=O)N3CCCCC3C(C)N)sc2C)cc1. The van der Waals surface area contributed by atoms with Gasteiger partial charge in [-0.2, -0.15) is 0 Å². The van der Waals surface area contributed by atoms with Crippen LogP contribution in [-0.2, 0) is 0 Å². The maximum absolute atomic E-state index is 13.1. The number of nitrogens with two attached hydrogens (primary N) is 1. The number of thiophene rings is 1. The number of piperidine rings is 1. The third-order valence-electron chi connectivity index (χ3n) is 4.95. The fraction of sp³-hybridized carbons (Fsp3) is 0.450. The van der Waals surface area contributed by atoms with Gasteiger partial charge >= 0.3 is 0 Å². The van der Waals surface area contributed by atoms with E-state index in [1.54, 1.807) is 18.4 Å². The Labute approximate surface area is 153 Å². The quantitative estimate of drug-likeness (QED) is 0.896. The molecule has 2 aromatic rings. The van der Waals surface area contributed by atoms with Crippen molar-refractivity contribution in [2.75, 3.05) is 13.7 Å². The van der Waals surface area contributed by atoms with Gasteiger partial charge in [0.2, 0.25) is 0 Å². The number of aryl methyl sites for hydroxylation is 1. The number of benzene rings is 1. The smallest absolute Gasteiger partial charge is 0.264 e. The Bertz CT molecular complexity index is 737. The van der Waals surface area contributed by atoms with Crippen LogP contribution in [0.3, 0.4) is 0 Å². The first kappa shape index (κ1) is 18.0. The Kier molecular flexibility index (Phi) is 5.45. The number of carbonyl (C=O) groups is 1. The molecule has 1 aromatic carbocycles. The molecule has 0 aliphatic carbocycles. The summed E-state index contributed by atoms with van der Waals surface area (Å²) in [5.41, 5.74) is 8.35. The molecular formula is C20H26N2O2S. The van der Waals surface area contributed by atoms with Crippen molar-refractivity contribution in [3.05, 3.63) is 40.1 Å². The zero-order chi connectivity index (χ0) is 18.0. The Balaban J connectivity index is 1.86. The molecule has 5 heteroatoms. The monoisotopic (exact) mass is 358 g/mol. The van der Waals surface area contributed by atoms with Crippen LogP contribution in [-0.4, -0.2) is 36.5 Å². The number of methoxy groups -OCH3 is 1. The van der Waals surface area contributed by atoms with Crippen LogP contribution in [0.5, 0.6) is 5.75 Å². The van der Waals surface area contributed by atoms with Crippen molar-refractivity contribution in [2.24, 2.45) is 5.73 Å². The molecule has 1 aliphatic rings. The van der Waals surface area contributed by atoms with Crippen molar-refractivity contribution in [2.45, 2.75) is 45.2 Å². The Morgan fingerprint density at radius 1 is 1.32 bits per heavy atom. The van der Waals surface area contributed by atoms with Crippen LogP contribution in [0.1, 0.15) is 40.7 Å². The maximum atomic E-state index is 13.1. The average molecular weight is 359 g/mol. The summed E-state index contributed by atoms with van der Waals surface area (Å²) in [7, 11) is 1.66. The minimum Gasteiger partial charge on any atom is -0.497 e. The van der Waals surface area contributed by atoms with Crippen LogP contribution >= 0.6 is 11.3 Å². The number of hydrogen-bond acceptors (Lipinski definition) is 4. The zero-order valence-electron chi connectivity index (χ0n) is 15.1. The van der Waals surface area contributed by atoms with Crippen molar-refractivity contribution >= 4 is 17.2 Å². The molecule has 1 aromatic heterocycles. The summed E-state index contributed by atoms with van der Waals surface area (Å²) >= 11 is 1.57. The van der Waals surface area contributed by atoms with Gasteiger partial charge in [0.05, 0.1) is 12.0 Å². The van der Waals surface area contributed by atoms with Gasteiger partial charge in [-0.05, 0) is 62.4 Å². The molecule has 2 unspecified atom stereocenters. The molecule has 0 saturated carbocycles. The predicted octanol–water partition coefficient (Wildman–Crippen LogP) is 4.07. The van der Waals surface area contributed by atoms with E-state index in [1.807, 2.05) is 42.2 Å². The summed E-state index contributed by atoms with van der Waals surface area (Å²) < 4.78 is 5.22. The van der Waals surface area contributed by atoms with E-state index in [9.17, 15) is 4.79 Å². The van der Waals surface area contributed by atoms with E-state index < -0.39 is 0 Å². The number of carbonyl (C=O) groups excluding carboxylic acids is 1. The number of nitrogens with zero attached hydrogens (tertiary/aromatic N) is 1. The highest BCUT2D eigenvalue weighted by molar-refractivity contribution is 7.14. The van der Waals surface area contributed by atoms with Crippen LogP contribution < -0.4 is 10.5 Å². The number of likely N-dealkylation sites (tertiary alicyclic amines) is 1. The molecule has 1 fully saturated rings. The summed E-state index contributed by atoms with van der Waals surface area (Å²) in [6.07, 6.45) is 3.21. The Hall–Kier alpha value is -1.85. The molecule has 134 valence electrons. The molecule has 1 amide bonds. The minimum absolute atomic E-state index is 0.00590. The molecule has 0 radical (unpaired) electrons. The summed E-state index contributed by atoms with van der Waals surface area (Å²) in [4.78, 5) is 17.0. The Morgan fingerprint density at radius 3 is 2.68 bits per heavy atom. The summed E-state index contributed by atoms with van der Waals surface area (Å²) in [5, 5.41) is 0. The lowest BCUT2D eigenvalue weighted by Gasteiger charge is -2.37. The van der Waals surface area contributed by atoms with E-state index in [0.29, 0.717) is 0 Å². The molecule has 25 heavy (non-hydrogen) atoms. The number of hydrogen-bond donors (Lipinski definition) is 1. The van der Waals surface area contributed by atoms with E-state index >= 15 is 0 Å². The van der Waals surface area contributed by atoms with Crippen LogP contribution in [0.4, 0.5) is 0 Å². The fourth-order valence-electron chi connectivity index (χ4n) is 3.54. The number of ether oxygens (including phenoxy) is 1. The third-order valence-corrected chi connectivity index (χ3v) is 5.99. The molecule has 4 nitrogen and oxygen atoms in total. The topological polar surface area (TPSA) is 55.6 Å². The second-order valence-electron chi connectivity index (χ2n) is 6.73. The standard InChI is InChI=1S/C20H26N2O2S/c1-13(21)18-6-4-5-11-22(18)20(23)19-12-17(14(2)25-19)15-7-9-16(24-3)10-8-15/h7-10,12-13,18H,4-6,11,21H2,1-3H3. The van der Waals surface area contributed by atoms with Gasteiger partial charge in [-0.1, -0.05) is 12.1 Å². The lowest BCUT2D eigenvalue weighted by Crippen LogP contribution is -2.51. The molecule has 3 rings (SSSR count). The molecule has 1 aliphatic heterocycles. The molecular weight excluding hydrogens is 332 g/mol. The summed E-state index contributed by atoms with van der Waals surface area (Å²) in [5.74, 6) is 0.955. The van der Waals surface area contributed by atoms with E-state index in [-0.39, 0.29) is 18.0 Å². The van der Waals surface area contributed by atoms with Crippen LogP contribution in [0.2, 0.25) is 0 Å². The van der Waals surface area contributed by atoms with Crippen molar-refractivity contribution in [1.82, 2.24) is 4.90 Å². The Morgan fingerprint density at radius 2 is 2.04 bits per heavy atom. The first-order valence-electron chi connectivity index (χ1n) is 8.82. The summed E-state index contributed by atoms with van der Waals surface area (Å²) in [6.45, 7) is 4.87. The second-order valence-corrected chi connectivity index (χ2v) is 7.99. The maximum Gasteiger partial charge on any atom is 0.264 e. The highest BCUT2D eigenvalue weighted by atomic mass is 32.1. The second kappa shape index (κ2) is 7.58. The largest absolute Gasteiger partial charge is 0.497 e. The average Bonchev–Trinajstić information content (AvgIpc) is 3.03. The van der Waals surface area contributed by atoms with E-state index in [4.69, 9.17) is 10.5 Å². The van der Waals surface area contributed by atoms with Crippen molar-refractivity contribution in [3.8, 4) is 16.9 Å². The highest BCUT2D eigenvalue weighted by Crippen LogP contribution is 2.33. The van der Waals surface area contributed by atoms with Gasteiger partial charge in [0.15, 0.2) is 0 Å². The van der Waals surface area contributed by atoms with Gasteiger partial charge < -0.3 is 15.4 Å². The molecule has 0 spiro atoms. The molecule has 1 saturated heterocycles. The molecule has 2 N–H and O–H groups in total. The van der Waals surface area contributed by atoms with E-state index in [1.165, 1.54) is 0 Å².